The number of para-hydroxylation sites is 4. The third kappa shape index (κ3) is 6.39. The van der Waals surface area contributed by atoms with Crippen LogP contribution in [-0.2, 0) is 5.41 Å². The second-order valence-electron chi connectivity index (χ2n) is 20.9. The molecule has 2 heterocycles. The molecular formula is C75H49N3. The van der Waals surface area contributed by atoms with Gasteiger partial charge in [-0.25, -0.2) is 0 Å². The Bertz CT molecular complexity index is 4580. The van der Waals surface area contributed by atoms with Crippen LogP contribution in [-0.4, -0.2) is 9.13 Å². The van der Waals surface area contributed by atoms with E-state index in [4.69, 9.17) is 0 Å². The molecule has 2 aromatic heterocycles. The summed E-state index contributed by atoms with van der Waals surface area (Å²) in [5, 5.41) is 4.90. The Morgan fingerprint density at radius 3 is 1.26 bits per heavy atom. The molecule has 0 radical (unpaired) electrons. The first-order valence-electron chi connectivity index (χ1n) is 26.9. The summed E-state index contributed by atoms with van der Waals surface area (Å²) in [6.07, 6.45) is 1.93. The molecule has 78 heavy (non-hydrogen) atoms. The molecule has 1 spiro atoms. The average molecular weight is 992 g/mol. The normalized spacial score (nSPS) is 14.0. The molecule has 2 aliphatic rings. The van der Waals surface area contributed by atoms with Crippen molar-refractivity contribution in [2.24, 2.45) is 0 Å². The molecule has 0 aliphatic heterocycles. The van der Waals surface area contributed by atoms with Crippen LogP contribution in [0.2, 0.25) is 0 Å². The lowest BCUT2D eigenvalue weighted by Crippen LogP contribution is -2.26. The maximum Gasteiger partial charge on any atom is 0.0725 e. The fourth-order valence-corrected chi connectivity index (χ4v) is 13.5. The molecule has 364 valence electrons. The zero-order chi connectivity index (χ0) is 51.5. The van der Waals surface area contributed by atoms with Crippen molar-refractivity contribution < 1.29 is 0 Å². The number of anilines is 3. The average Bonchev–Trinajstić information content (AvgIpc) is 4.36. The molecule has 3 heteroatoms. The molecule has 0 amide bonds. The van der Waals surface area contributed by atoms with E-state index in [2.05, 4.69) is 300 Å². The summed E-state index contributed by atoms with van der Waals surface area (Å²) in [4.78, 5) is 2.44. The molecule has 0 N–H and O–H groups in total. The molecule has 3 nitrogen and oxygen atoms in total. The second kappa shape index (κ2) is 17.2. The van der Waals surface area contributed by atoms with Crippen LogP contribution in [0.4, 0.5) is 17.1 Å². The van der Waals surface area contributed by atoms with Crippen LogP contribution in [0.3, 0.4) is 0 Å². The van der Waals surface area contributed by atoms with Gasteiger partial charge in [0.1, 0.15) is 0 Å². The van der Waals surface area contributed by atoms with Crippen LogP contribution in [0.5, 0.6) is 0 Å². The zero-order valence-corrected chi connectivity index (χ0v) is 42.7. The van der Waals surface area contributed by atoms with Crippen molar-refractivity contribution in [3.8, 4) is 55.9 Å². The molecule has 0 saturated heterocycles. The Kier molecular flexibility index (Phi) is 9.70. The van der Waals surface area contributed by atoms with Gasteiger partial charge in [0.2, 0.25) is 0 Å². The highest BCUT2D eigenvalue weighted by atomic mass is 15.1. The van der Waals surface area contributed by atoms with Crippen LogP contribution >= 0.6 is 0 Å². The Morgan fingerprint density at radius 1 is 0.295 bits per heavy atom. The van der Waals surface area contributed by atoms with Gasteiger partial charge in [-0.15, -0.1) is 0 Å². The van der Waals surface area contributed by atoms with Crippen molar-refractivity contribution in [2.75, 3.05) is 4.90 Å². The van der Waals surface area contributed by atoms with Crippen molar-refractivity contribution in [1.82, 2.24) is 9.13 Å². The molecule has 0 fully saturated rings. The smallest absolute Gasteiger partial charge is 0.0725 e. The highest BCUT2D eigenvalue weighted by Gasteiger charge is 2.51. The van der Waals surface area contributed by atoms with Gasteiger partial charge in [0.05, 0.1) is 27.5 Å². The largest absolute Gasteiger partial charge is 0.310 e. The first-order valence-corrected chi connectivity index (χ1v) is 26.9. The maximum absolute atomic E-state index is 4.09. The molecule has 2 aliphatic carbocycles. The number of aromatic nitrogens is 2. The van der Waals surface area contributed by atoms with Crippen LogP contribution in [0.1, 0.15) is 27.8 Å². The van der Waals surface area contributed by atoms with Crippen molar-refractivity contribution in [2.45, 2.75) is 5.41 Å². The first kappa shape index (κ1) is 44.1. The van der Waals surface area contributed by atoms with Crippen molar-refractivity contribution >= 4 is 66.7 Å². The predicted octanol–water partition coefficient (Wildman–Crippen LogP) is 19.7. The molecule has 14 aromatic rings. The van der Waals surface area contributed by atoms with Gasteiger partial charge in [0.25, 0.3) is 0 Å². The van der Waals surface area contributed by atoms with Gasteiger partial charge >= 0.3 is 0 Å². The molecule has 1 atom stereocenters. The van der Waals surface area contributed by atoms with Gasteiger partial charge < -0.3 is 14.0 Å². The summed E-state index contributed by atoms with van der Waals surface area (Å²) in [7, 11) is 0. The Hall–Kier alpha value is -10.2. The van der Waals surface area contributed by atoms with E-state index in [0.717, 1.165) is 50.6 Å². The van der Waals surface area contributed by atoms with Gasteiger partial charge in [-0.05, 0) is 163 Å². The summed E-state index contributed by atoms with van der Waals surface area (Å²) in [5.74, 6) is 0. The second-order valence-corrected chi connectivity index (χ2v) is 20.9. The number of hydrogen-bond donors (Lipinski definition) is 0. The number of fused-ring (bicyclic) bond motifs is 16. The van der Waals surface area contributed by atoms with Gasteiger partial charge in [-0.2, -0.15) is 0 Å². The quantitative estimate of drug-likeness (QED) is 0.148. The molecular weight excluding hydrogens is 943 g/mol. The fraction of sp³-hybridized carbons (Fsp3) is 0.0133. The summed E-state index contributed by atoms with van der Waals surface area (Å²) in [6, 6.07) is 103. The lowest BCUT2D eigenvalue weighted by Gasteiger charge is -2.31. The Labute approximate surface area is 453 Å². The predicted molar refractivity (Wildman–Crippen MR) is 327 cm³/mol. The Balaban J connectivity index is 0.879. The van der Waals surface area contributed by atoms with E-state index in [-0.39, 0.29) is 0 Å². The minimum atomic E-state index is -0.502. The summed E-state index contributed by atoms with van der Waals surface area (Å²) < 4.78 is 4.82. The zero-order valence-electron chi connectivity index (χ0n) is 42.7. The highest BCUT2D eigenvalue weighted by Crippen LogP contribution is 2.63. The monoisotopic (exact) mass is 991 g/mol. The summed E-state index contributed by atoms with van der Waals surface area (Å²) in [5.41, 5.74) is 26.0. The third-order valence-electron chi connectivity index (χ3n) is 16.9. The van der Waals surface area contributed by atoms with E-state index >= 15 is 0 Å². The van der Waals surface area contributed by atoms with E-state index in [1.807, 2.05) is 6.08 Å². The van der Waals surface area contributed by atoms with Crippen LogP contribution in [0, 0.1) is 0 Å². The van der Waals surface area contributed by atoms with Gasteiger partial charge in [0, 0.05) is 50.0 Å². The van der Waals surface area contributed by atoms with Crippen molar-refractivity contribution in [3.63, 3.8) is 0 Å². The summed E-state index contributed by atoms with van der Waals surface area (Å²) in [6.45, 7) is 4.09. The lowest BCUT2D eigenvalue weighted by molar-refractivity contribution is 0.794. The minimum absolute atomic E-state index is 0.502. The van der Waals surface area contributed by atoms with E-state index in [1.54, 1.807) is 0 Å². The standard InChI is InChI=1S/C75H49N3/c1-2-49-18-17-19-51(44-49)53-35-41-62-60-25-10-14-29-68(60)75(70(62)46-53)67-28-13-9-24-59(67)61-40-34-52(45-69(61)75)50-32-36-56(37-33-50)76(57-38-42-65-63-26-11-15-30-71(63)77(73(65)47-57)54-20-5-3-6-21-54)58-39-43-66-64-27-12-16-31-72(64)78(74(66)48-58)55-22-7-4-8-23-55/h2-48H,1H2. The Morgan fingerprint density at radius 2 is 0.718 bits per heavy atom. The summed E-state index contributed by atoms with van der Waals surface area (Å²) >= 11 is 0. The van der Waals surface area contributed by atoms with E-state index in [9.17, 15) is 0 Å². The number of nitrogens with zero attached hydrogens (tertiary/aromatic N) is 3. The number of benzene rings is 12. The van der Waals surface area contributed by atoms with Crippen LogP contribution in [0.15, 0.2) is 286 Å². The molecule has 12 aromatic carbocycles. The highest BCUT2D eigenvalue weighted by molar-refractivity contribution is 6.12. The molecule has 0 bridgehead atoms. The topological polar surface area (TPSA) is 13.1 Å². The first-order chi connectivity index (χ1) is 38.6. The van der Waals surface area contributed by atoms with E-state index in [1.165, 1.54) is 93.8 Å². The van der Waals surface area contributed by atoms with E-state index in [0.29, 0.717) is 0 Å². The third-order valence-corrected chi connectivity index (χ3v) is 16.9. The maximum atomic E-state index is 4.09. The van der Waals surface area contributed by atoms with Crippen LogP contribution < -0.4 is 4.90 Å². The number of hydrogen-bond acceptors (Lipinski definition) is 1. The van der Waals surface area contributed by atoms with Crippen LogP contribution in [0.25, 0.3) is 106 Å². The van der Waals surface area contributed by atoms with Gasteiger partial charge in [0.15, 0.2) is 0 Å². The molecule has 16 rings (SSSR count). The SMILES string of the molecule is C=Cc1cccc(-c2ccc3c(c2)C2(c4ccccc4-c4ccc(-c5ccc(N(c6ccc7c8ccccc8n(-c8ccccc8)c7c6)c6ccc7c8ccccc8n(-c8ccccc8)c7c6)cc5)cc42)c2ccccc2-3)c1. The number of rotatable bonds is 8. The minimum Gasteiger partial charge on any atom is -0.310 e. The van der Waals surface area contributed by atoms with Gasteiger partial charge in [-0.1, -0.05) is 201 Å². The molecule has 0 saturated carbocycles. The van der Waals surface area contributed by atoms with Gasteiger partial charge in [-0.3, -0.25) is 0 Å². The lowest BCUT2D eigenvalue weighted by atomic mass is 9.70. The van der Waals surface area contributed by atoms with Crippen molar-refractivity contribution in [3.05, 3.63) is 313 Å². The van der Waals surface area contributed by atoms with Crippen molar-refractivity contribution in [1.29, 1.82) is 0 Å². The fourth-order valence-electron chi connectivity index (χ4n) is 13.5. The van der Waals surface area contributed by atoms with E-state index < -0.39 is 5.41 Å². The molecule has 1 unspecified atom stereocenters.